The van der Waals surface area contributed by atoms with Crippen molar-refractivity contribution in [2.24, 2.45) is 0 Å². The van der Waals surface area contributed by atoms with E-state index in [1.54, 1.807) is 32.3 Å². The summed E-state index contributed by atoms with van der Waals surface area (Å²) in [6.07, 6.45) is 1.30. The fourth-order valence-corrected chi connectivity index (χ4v) is 3.47. The van der Waals surface area contributed by atoms with Crippen molar-refractivity contribution in [3.05, 3.63) is 75.7 Å². The van der Waals surface area contributed by atoms with Gasteiger partial charge in [0.25, 0.3) is 0 Å². The van der Waals surface area contributed by atoms with E-state index < -0.39 is 5.60 Å². The Kier molecular flexibility index (Phi) is 4.61. The predicted molar refractivity (Wildman–Crippen MR) is 92.7 cm³/mol. The maximum absolute atomic E-state index is 13.4. The summed E-state index contributed by atoms with van der Waals surface area (Å²) >= 11 is 0. The van der Waals surface area contributed by atoms with Gasteiger partial charge >= 0.3 is 0 Å². The summed E-state index contributed by atoms with van der Waals surface area (Å²) in [7, 11) is 3.24. The third-order valence-corrected chi connectivity index (χ3v) is 4.68. The van der Waals surface area contributed by atoms with E-state index >= 15 is 0 Å². The molecule has 0 spiro atoms. The first kappa shape index (κ1) is 17.6. The molecule has 0 bridgehead atoms. The Morgan fingerprint density at radius 3 is 2.60 bits per heavy atom. The minimum absolute atomic E-state index is 0.297. The standard InChI is InChI=1S/C20H21FN2O2/c1-23(2,24)11-3-10-20(17-5-7-18(21)8-6-17)19-9-4-15(13-22)12-16(19)14-25-20/h4-9,12H,3,10-11,14H2,1-2H3/t20-/m0/s1. The number of ether oxygens (including phenoxy) is 1. The largest absolute Gasteiger partial charge is 0.633 e. The van der Waals surface area contributed by atoms with Crippen molar-refractivity contribution in [2.45, 2.75) is 25.0 Å². The minimum atomic E-state index is -0.702. The first-order chi connectivity index (χ1) is 11.8. The van der Waals surface area contributed by atoms with Crippen LogP contribution in [0.5, 0.6) is 0 Å². The number of rotatable bonds is 5. The van der Waals surface area contributed by atoms with Gasteiger partial charge in [0.1, 0.15) is 11.4 Å². The van der Waals surface area contributed by atoms with Gasteiger partial charge in [0, 0.05) is 6.42 Å². The molecule has 25 heavy (non-hydrogen) atoms. The van der Waals surface area contributed by atoms with E-state index in [1.165, 1.54) is 12.1 Å². The van der Waals surface area contributed by atoms with Gasteiger partial charge in [-0.3, -0.25) is 0 Å². The highest BCUT2D eigenvalue weighted by atomic mass is 19.1. The van der Waals surface area contributed by atoms with Crippen LogP contribution in [0.3, 0.4) is 0 Å². The Labute approximate surface area is 147 Å². The summed E-state index contributed by atoms with van der Waals surface area (Å²) in [5.41, 5.74) is 2.73. The molecule has 5 heteroatoms. The molecule has 0 fully saturated rings. The van der Waals surface area contributed by atoms with E-state index in [0.717, 1.165) is 16.7 Å². The Hall–Kier alpha value is -2.26. The zero-order chi connectivity index (χ0) is 18.1. The number of hydrogen-bond acceptors (Lipinski definition) is 3. The van der Waals surface area contributed by atoms with Gasteiger partial charge in [-0.2, -0.15) is 5.26 Å². The molecule has 1 atom stereocenters. The average Bonchev–Trinajstić information content (AvgIpc) is 2.93. The minimum Gasteiger partial charge on any atom is -0.633 e. The smallest absolute Gasteiger partial charge is 0.123 e. The van der Waals surface area contributed by atoms with Crippen LogP contribution in [0.25, 0.3) is 0 Å². The van der Waals surface area contributed by atoms with E-state index in [2.05, 4.69) is 6.07 Å². The van der Waals surface area contributed by atoms with Crippen molar-refractivity contribution < 1.29 is 13.8 Å². The molecular formula is C20H21FN2O2. The summed E-state index contributed by atoms with van der Waals surface area (Å²) in [4.78, 5) is 0. The van der Waals surface area contributed by atoms with Gasteiger partial charge < -0.3 is 14.6 Å². The molecule has 0 saturated carbocycles. The lowest BCUT2D eigenvalue weighted by atomic mass is 9.81. The molecule has 2 aromatic carbocycles. The summed E-state index contributed by atoms with van der Waals surface area (Å²) < 4.78 is 19.2. The lowest BCUT2D eigenvalue weighted by Crippen LogP contribution is -2.35. The van der Waals surface area contributed by atoms with Crippen molar-refractivity contribution in [1.29, 1.82) is 5.26 Å². The SMILES string of the molecule is C[N+](C)([O-])CCC[C@@]1(c2ccc(F)cc2)OCc2cc(C#N)ccc21. The Bertz CT molecular complexity index is 806. The molecule has 0 aromatic heterocycles. The number of halogens is 1. The number of quaternary nitrogens is 1. The molecule has 2 aromatic rings. The fourth-order valence-electron chi connectivity index (χ4n) is 3.47. The Morgan fingerprint density at radius 1 is 1.24 bits per heavy atom. The van der Waals surface area contributed by atoms with E-state index in [0.29, 0.717) is 31.6 Å². The molecule has 1 heterocycles. The van der Waals surface area contributed by atoms with Crippen molar-refractivity contribution >= 4 is 0 Å². The Morgan fingerprint density at radius 2 is 1.96 bits per heavy atom. The highest BCUT2D eigenvalue weighted by Gasteiger charge is 2.41. The molecule has 0 N–H and O–H groups in total. The van der Waals surface area contributed by atoms with E-state index in [9.17, 15) is 9.60 Å². The van der Waals surface area contributed by atoms with Crippen LogP contribution in [0, 0.1) is 22.4 Å². The van der Waals surface area contributed by atoms with Gasteiger partial charge in [0.15, 0.2) is 0 Å². The van der Waals surface area contributed by atoms with Crippen LogP contribution < -0.4 is 0 Å². The number of benzene rings is 2. The summed E-state index contributed by atoms with van der Waals surface area (Å²) in [5, 5.41) is 21.0. The normalized spacial score (nSPS) is 19.5. The maximum Gasteiger partial charge on any atom is 0.123 e. The topological polar surface area (TPSA) is 56.1 Å². The van der Waals surface area contributed by atoms with Crippen LogP contribution >= 0.6 is 0 Å². The number of fused-ring (bicyclic) bond motifs is 1. The van der Waals surface area contributed by atoms with Gasteiger partial charge in [-0.15, -0.1) is 0 Å². The van der Waals surface area contributed by atoms with Crippen LogP contribution in [0.2, 0.25) is 0 Å². The third kappa shape index (κ3) is 3.57. The summed E-state index contributed by atoms with van der Waals surface area (Å²) in [5.74, 6) is -0.297. The van der Waals surface area contributed by atoms with E-state index in [-0.39, 0.29) is 10.5 Å². The van der Waals surface area contributed by atoms with Gasteiger partial charge in [-0.25, -0.2) is 4.39 Å². The fraction of sp³-hybridized carbons (Fsp3) is 0.350. The molecule has 0 radical (unpaired) electrons. The highest BCUT2D eigenvalue weighted by molar-refractivity contribution is 5.47. The Balaban J connectivity index is 2.00. The highest BCUT2D eigenvalue weighted by Crippen LogP contribution is 2.45. The molecule has 4 nitrogen and oxygen atoms in total. The molecule has 1 aliphatic rings. The number of nitrogens with zero attached hydrogens (tertiary/aromatic N) is 2. The second-order valence-electron chi connectivity index (χ2n) is 7.01. The quantitative estimate of drug-likeness (QED) is 0.614. The molecule has 3 rings (SSSR count). The maximum atomic E-state index is 13.4. The third-order valence-electron chi connectivity index (χ3n) is 4.68. The van der Waals surface area contributed by atoms with Crippen molar-refractivity contribution in [2.75, 3.05) is 20.6 Å². The second kappa shape index (κ2) is 6.57. The molecule has 130 valence electrons. The monoisotopic (exact) mass is 340 g/mol. The molecular weight excluding hydrogens is 319 g/mol. The molecule has 0 amide bonds. The average molecular weight is 340 g/mol. The number of nitriles is 1. The van der Waals surface area contributed by atoms with Crippen LogP contribution in [0.1, 0.15) is 35.1 Å². The molecule has 0 aliphatic carbocycles. The number of hydrogen-bond donors (Lipinski definition) is 0. The van der Waals surface area contributed by atoms with E-state index in [4.69, 9.17) is 10.00 Å². The summed E-state index contributed by atoms with van der Waals surface area (Å²) in [6, 6.07) is 14.0. The van der Waals surface area contributed by atoms with Gasteiger partial charge in [0.05, 0.1) is 38.9 Å². The lowest BCUT2D eigenvalue weighted by Gasteiger charge is -2.36. The first-order valence-corrected chi connectivity index (χ1v) is 8.32. The zero-order valence-corrected chi connectivity index (χ0v) is 14.5. The van der Waals surface area contributed by atoms with Crippen molar-refractivity contribution in [3.63, 3.8) is 0 Å². The van der Waals surface area contributed by atoms with Crippen molar-refractivity contribution in [1.82, 2.24) is 0 Å². The second-order valence-corrected chi connectivity index (χ2v) is 7.01. The molecule has 0 saturated heterocycles. The van der Waals surface area contributed by atoms with Crippen LogP contribution in [0.4, 0.5) is 4.39 Å². The van der Waals surface area contributed by atoms with Crippen LogP contribution in [0.15, 0.2) is 42.5 Å². The van der Waals surface area contributed by atoms with Gasteiger partial charge in [-0.1, -0.05) is 18.2 Å². The van der Waals surface area contributed by atoms with Crippen LogP contribution in [-0.2, 0) is 16.9 Å². The zero-order valence-electron chi connectivity index (χ0n) is 14.5. The molecule has 0 unspecified atom stereocenters. The summed E-state index contributed by atoms with van der Waals surface area (Å²) in [6.45, 7) is 0.871. The predicted octanol–water partition coefficient (Wildman–Crippen LogP) is 3.83. The molecule has 1 aliphatic heterocycles. The van der Waals surface area contributed by atoms with E-state index in [1.807, 2.05) is 12.1 Å². The lowest BCUT2D eigenvalue weighted by molar-refractivity contribution is -0.840. The first-order valence-electron chi connectivity index (χ1n) is 8.32. The van der Waals surface area contributed by atoms with Gasteiger partial charge in [-0.05, 0) is 47.4 Å². The number of hydroxylamine groups is 3. The van der Waals surface area contributed by atoms with Crippen LogP contribution in [-0.4, -0.2) is 25.3 Å². The van der Waals surface area contributed by atoms with Gasteiger partial charge in [0.2, 0.25) is 0 Å². The van der Waals surface area contributed by atoms with Crippen molar-refractivity contribution in [3.8, 4) is 6.07 Å².